The van der Waals surface area contributed by atoms with Gasteiger partial charge in [0.2, 0.25) is 0 Å². The molecule has 0 spiro atoms. The molecular formula is C42H69O11P. The van der Waals surface area contributed by atoms with Gasteiger partial charge in [-0.3, -0.25) is 14.1 Å². The minimum absolute atomic E-state index is 0.0809. The molecule has 5 N–H and O–H groups in total. The smallest absolute Gasteiger partial charge is 0.462 e. The molecule has 308 valence electrons. The molecule has 0 aromatic carbocycles. The second kappa shape index (κ2) is 35.8. The van der Waals surface area contributed by atoms with Gasteiger partial charge in [0.1, 0.15) is 6.61 Å². The summed E-state index contributed by atoms with van der Waals surface area (Å²) in [4.78, 5) is 42.8. The first kappa shape index (κ1) is 51.1. The van der Waals surface area contributed by atoms with Crippen molar-refractivity contribution in [2.24, 2.45) is 0 Å². The minimum Gasteiger partial charge on any atom is -0.462 e. The summed E-state index contributed by atoms with van der Waals surface area (Å²) in [5.74, 6) is -1.24. The summed E-state index contributed by atoms with van der Waals surface area (Å²) in [6, 6.07) is 0. The van der Waals surface area contributed by atoms with Gasteiger partial charge in [0.25, 0.3) is 0 Å². The molecule has 0 bridgehead atoms. The molecule has 0 aliphatic rings. The third kappa shape index (κ3) is 36.1. The average Bonchev–Trinajstić information content (AvgIpc) is 3.13. The molecule has 54 heavy (non-hydrogen) atoms. The van der Waals surface area contributed by atoms with Gasteiger partial charge < -0.3 is 34.6 Å². The Balaban J connectivity index is 4.34. The molecule has 0 radical (unpaired) electrons. The molecule has 0 saturated carbocycles. The van der Waals surface area contributed by atoms with Crippen LogP contribution in [0, 0.1) is 0 Å². The zero-order valence-corrected chi connectivity index (χ0v) is 33.6. The summed E-state index contributed by atoms with van der Waals surface area (Å²) in [5.41, 5.74) is 0. The number of carbonyl (C=O) groups is 2. The molecule has 0 aliphatic carbocycles. The van der Waals surface area contributed by atoms with E-state index in [4.69, 9.17) is 19.3 Å². The molecule has 0 fully saturated rings. The highest BCUT2D eigenvalue weighted by molar-refractivity contribution is 7.46. The van der Waals surface area contributed by atoms with Crippen LogP contribution in [0.5, 0.6) is 0 Å². The van der Waals surface area contributed by atoms with Gasteiger partial charge in [0, 0.05) is 12.8 Å². The molecule has 0 heterocycles. The number of hydrogen-bond acceptors (Lipinski definition) is 9. The number of allylic oxidation sites excluding steroid dienone is 11. The first-order valence-electron chi connectivity index (χ1n) is 19.7. The summed E-state index contributed by atoms with van der Waals surface area (Å²) in [7, 11) is -4.86. The van der Waals surface area contributed by atoms with E-state index in [-0.39, 0.29) is 25.7 Å². The Bertz CT molecular complexity index is 1200. The Labute approximate surface area is 324 Å². The Morgan fingerprint density at radius 3 is 1.89 bits per heavy atom. The van der Waals surface area contributed by atoms with E-state index in [1.54, 1.807) is 42.5 Å². The van der Waals surface area contributed by atoms with Gasteiger partial charge in [-0.05, 0) is 64.2 Å². The molecule has 0 rings (SSSR count). The van der Waals surface area contributed by atoms with Crippen LogP contribution in [-0.2, 0) is 28.2 Å². The van der Waals surface area contributed by atoms with Crippen molar-refractivity contribution in [3.8, 4) is 0 Å². The predicted molar refractivity (Wildman–Crippen MR) is 215 cm³/mol. The van der Waals surface area contributed by atoms with Crippen LogP contribution in [0.1, 0.15) is 129 Å². The molecule has 12 heteroatoms. The van der Waals surface area contributed by atoms with Crippen LogP contribution in [0.4, 0.5) is 0 Å². The van der Waals surface area contributed by atoms with Crippen molar-refractivity contribution in [1.82, 2.24) is 0 Å². The summed E-state index contributed by atoms with van der Waals surface area (Å²) in [6.45, 7) is 3.15. The molecule has 0 saturated heterocycles. The second-order valence-corrected chi connectivity index (χ2v) is 14.3. The van der Waals surface area contributed by atoms with Crippen LogP contribution in [-0.4, -0.2) is 74.7 Å². The number of ether oxygens (including phenoxy) is 2. The zero-order chi connectivity index (χ0) is 40.1. The Hall–Kier alpha value is -2.89. The van der Waals surface area contributed by atoms with E-state index in [0.29, 0.717) is 12.8 Å². The van der Waals surface area contributed by atoms with Gasteiger partial charge in [-0.1, -0.05) is 137 Å². The van der Waals surface area contributed by atoms with E-state index in [9.17, 15) is 29.5 Å². The van der Waals surface area contributed by atoms with Crippen LogP contribution >= 0.6 is 7.82 Å². The van der Waals surface area contributed by atoms with E-state index in [1.807, 2.05) is 19.1 Å². The van der Waals surface area contributed by atoms with E-state index < -0.39 is 57.4 Å². The lowest BCUT2D eigenvalue weighted by atomic mass is 10.1. The maximum atomic E-state index is 12.4. The van der Waals surface area contributed by atoms with Gasteiger partial charge in [0.15, 0.2) is 6.10 Å². The lowest BCUT2D eigenvalue weighted by molar-refractivity contribution is -0.161. The summed E-state index contributed by atoms with van der Waals surface area (Å²) < 4.78 is 26.1. The average molecular weight is 781 g/mol. The predicted octanol–water partition coefficient (Wildman–Crippen LogP) is 8.59. The Morgan fingerprint density at radius 1 is 0.648 bits per heavy atom. The number of esters is 2. The third-order valence-corrected chi connectivity index (χ3v) is 8.48. The van der Waals surface area contributed by atoms with Crippen molar-refractivity contribution in [2.75, 3.05) is 13.2 Å². The molecule has 0 aromatic rings. The van der Waals surface area contributed by atoms with Crippen molar-refractivity contribution >= 4 is 19.8 Å². The van der Waals surface area contributed by atoms with E-state index in [0.717, 1.165) is 57.8 Å². The molecule has 0 amide bonds. The first-order chi connectivity index (χ1) is 26.0. The molecule has 11 nitrogen and oxygen atoms in total. The highest BCUT2D eigenvalue weighted by atomic mass is 31.2. The van der Waals surface area contributed by atoms with E-state index in [2.05, 4.69) is 35.8 Å². The lowest BCUT2D eigenvalue weighted by Gasteiger charge is -2.19. The quantitative estimate of drug-likeness (QED) is 0.0139. The van der Waals surface area contributed by atoms with Crippen LogP contribution in [0.15, 0.2) is 85.1 Å². The Morgan fingerprint density at radius 2 is 1.24 bits per heavy atom. The normalized spacial score (nSPS) is 15.2. The van der Waals surface area contributed by atoms with Crippen molar-refractivity contribution in [3.63, 3.8) is 0 Å². The summed E-state index contributed by atoms with van der Waals surface area (Å²) in [6.07, 6.45) is 36.7. The largest absolute Gasteiger partial charge is 0.469 e. The van der Waals surface area contributed by atoms with Crippen molar-refractivity contribution in [2.45, 2.75) is 154 Å². The number of carbonyl (C=O) groups excluding carboxylic acids is 2. The topological polar surface area (TPSA) is 180 Å². The lowest BCUT2D eigenvalue weighted by Crippen LogP contribution is -2.29. The standard InChI is InChI=1S/C42H69O11P/c1-3-5-7-8-9-10-11-12-13-14-15-16-17-18-23-27-33-41(46)51-35-38(36-52-54(48,49)50)53-42(47)34-28-32-40(45)39(44)31-26-22-20-19-21-25-30-37(43)29-24-6-4-2/h6,9-10,12-13,19-22,24-26,30-31,37-40,43-45H,3-5,7-8,11,14-18,23,27-29,32-36H2,1-2H3,(H2,48,49,50)/b10-9-,13-12-,21-19+,22-20-,24-6-,30-25+,31-26-/t37-,38+,39+,40+/m0/s1. The van der Waals surface area contributed by atoms with Gasteiger partial charge in [-0.15, -0.1) is 0 Å². The molecule has 0 aliphatic heterocycles. The summed E-state index contributed by atoms with van der Waals surface area (Å²) >= 11 is 0. The first-order valence-corrected chi connectivity index (χ1v) is 21.2. The maximum Gasteiger partial charge on any atom is 0.469 e. The van der Waals surface area contributed by atoms with Crippen molar-refractivity contribution < 1.29 is 53.3 Å². The minimum atomic E-state index is -4.86. The van der Waals surface area contributed by atoms with E-state index >= 15 is 0 Å². The number of phosphoric ester groups is 1. The summed E-state index contributed by atoms with van der Waals surface area (Å²) in [5, 5.41) is 30.2. The number of aliphatic hydroxyl groups is 3. The monoisotopic (exact) mass is 780 g/mol. The van der Waals surface area contributed by atoms with E-state index in [1.165, 1.54) is 25.3 Å². The second-order valence-electron chi connectivity index (χ2n) is 13.1. The zero-order valence-electron chi connectivity index (χ0n) is 32.7. The van der Waals surface area contributed by atoms with Crippen LogP contribution in [0.2, 0.25) is 0 Å². The molecule has 0 aromatic heterocycles. The van der Waals surface area contributed by atoms with Gasteiger partial charge >= 0.3 is 19.8 Å². The number of rotatable bonds is 34. The Kier molecular flexibility index (Phi) is 33.9. The highest BCUT2D eigenvalue weighted by Gasteiger charge is 2.23. The number of hydrogen-bond donors (Lipinski definition) is 5. The number of unbranched alkanes of at least 4 members (excludes halogenated alkanes) is 9. The molecular weight excluding hydrogens is 711 g/mol. The number of phosphoric acid groups is 1. The maximum absolute atomic E-state index is 12.4. The fraction of sp³-hybridized carbons (Fsp3) is 0.619. The van der Waals surface area contributed by atoms with Crippen molar-refractivity contribution in [1.29, 1.82) is 0 Å². The van der Waals surface area contributed by atoms with Gasteiger partial charge in [-0.25, -0.2) is 4.57 Å². The highest BCUT2D eigenvalue weighted by Crippen LogP contribution is 2.36. The van der Waals surface area contributed by atoms with Crippen LogP contribution < -0.4 is 0 Å². The SMILES string of the molecule is CC/C=C\C[C@H](O)/C=C/C=C/C=C\C=C/[C@@H](O)[C@H](O)CCCC(=O)O[C@H](COC(=O)CCCCCCCC/C=C\C/C=C\CCCCC)COP(=O)(O)O. The van der Waals surface area contributed by atoms with Crippen LogP contribution in [0.25, 0.3) is 0 Å². The number of aliphatic hydroxyl groups excluding tert-OH is 3. The van der Waals surface area contributed by atoms with Gasteiger partial charge in [-0.2, -0.15) is 0 Å². The molecule has 0 unspecified atom stereocenters. The molecule has 4 atom stereocenters. The fourth-order valence-electron chi connectivity index (χ4n) is 4.92. The third-order valence-electron chi connectivity index (χ3n) is 7.99. The van der Waals surface area contributed by atoms with Gasteiger partial charge in [0.05, 0.1) is 24.9 Å². The van der Waals surface area contributed by atoms with Crippen molar-refractivity contribution in [3.05, 3.63) is 85.1 Å². The van der Waals surface area contributed by atoms with Crippen LogP contribution in [0.3, 0.4) is 0 Å². The fourth-order valence-corrected chi connectivity index (χ4v) is 5.28.